The minimum absolute atomic E-state index is 0.0298. The van der Waals surface area contributed by atoms with Crippen LogP contribution in [0.5, 0.6) is 11.5 Å². The van der Waals surface area contributed by atoms with E-state index in [1.54, 1.807) is 30.1 Å². The normalized spacial score (nSPS) is 10.2. The van der Waals surface area contributed by atoms with Gasteiger partial charge in [-0.05, 0) is 29.8 Å². The van der Waals surface area contributed by atoms with E-state index in [1.165, 1.54) is 6.07 Å². The molecule has 1 amide bonds. The molecule has 0 aliphatic heterocycles. The van der Waals surface area contributed by atoms with Crippen molar-refractivity contribution in [2.24, 2.45) is 0 Å². The number of carbonyl (C=O) groups excluding carboxylic acids is 1. The zero-order valence-electron chi connectivity index (χ0n) is 13.7. The zero-order chi connectivity index (χ0) is 16.8. The van der Waals surface area contributed by atoms with Gasteiger partial charge in [0.25, 0.3) is 5.91 Å². The fourth-order valence-corrected chi connectivity index (χ4v) is 2.09. The molecular formula is C18H22N2O3. The highest BCUT2D eigenvalue weighted by Crippen LogP contribution is 2.24. The molecule has 2 rings (SSSR count). The second-order valence-electron chi connectivity index (χ2n) is 5.57. The van der Waals surface area contributed by atoms with Crippen LogP contribution >= 0.6 is 0 Å². The van der Waals surface area contributed by atoms with Gasteiger partial charge in [-0.25, -0.2) is 0 Å². The molecule has 0 saturated carbocycles. The van der Waals surface area contributed by atoms with Crippen LogP contribution < -0.4 is 9.64 Å². The van der Waals surface area contributed by atoms with E-state index in [1.807, 2.05) is 43.3 Å². The molecule has 0 heterocycles. The van der Waals surface area contributed by atoms with Crippen LogP contribution in [0, 0.1) is 0 Å². The van der Waals surface area contributed by atoms with Gasteiger partial charge in [0.1, 0.15) is 0 Å². The van der Waals surface area contributed by atoms with E-state index in [0.717, 1.165) is 11.3 Å². The molecule has 0 radical (unpaired) electrons. The van der Waals surface area contributed by atoms with E-state index in [-0.39, 0.29) is 18.3 Å². The third-order valence-corrected chi connectivity index (χ3v) is 3.51. The molecule has 122 valence electrons. The number of carbonyl (C=O) groups is 1. The highest BCUT2D eigenvalue weighted by molar-refractivity contribution is 5.77. The largest absolute Gasteiger partial charge is 0.504 e. The number of nitrogens with zero attached hydrogens (tertiary/aromatic N) is 2. The summed E-state index contributed by atoms with van der Waals surface area (Å²) in [5, 5.41) is 9.61. The minimum Gasteiger partial charge on any atom is -0.504 e. The van der Waals surface area contributed by atoms with Gasteiger partial charge in [-0.2, -0.15) is 0 Å². The Labute approximate surface area is 136 Å². The molecule has 0 saturated heterocycles. The molecule has 0 spiro atoms. The van der Waals surface area contributed by atoms with Crippen LogP contribution in [0.1, 0.15) is 5.56 Å². The maximum Gasteiger partial charge on any atom is 0.260 e. The number of amides is 1. The monoisotopic (exact) mass is 314 g/mol. The fourth-order valence-electron chi connectivity index (χ4n) is 2.09. The predicted octanol–water partition coefficient (Wildman–Crippen LogP) is 2.50. The van der Waals surface area contributed by atoms with Crippen molar-refractivity contribution >= 4 is 11.6 Å². The molecular weight excluding hydrogens is 292 g/mol. The van der Waals surface area contributed by atoms with Gasteiger partial charge in [0, 0.05) is 33.4 Å². The lowest BCUT2D eigenvalue weighted by Crippen LogP contribution is -2.30. The van der Waals surface area contributed by atoms with Crippen LogP contribution in [-0.2, 0) is 11.3 Å². The van der Waals surface area contributed by atoms with Gasteiger partial charge in [0.05, 0.1) is 0 Å². The summed E-state index contributed by atoms with van der Waals surface area (Å²) in [4.78, 5) is 15.7. The minimum atomic E-state index is -0.148. The van der Waals surface area contributed by atoms with Gasteiger partial charge in [0.15, 0.2) is 18.1 Å². The summed E-state index contributed by atoms with van der Waals surface area (Å²) in [6.45, 7) is 0.403. The molecule has 0 aromatic heterocycles. The smallest absolute Gasteiger partial charge is 0.260 e. The maximum absolute atomic E-state index is 12.1. The highest BCUT2D eigenvalue weighted by atomic mass is 16.5. The van der Waals surface area contributed by atoms with Crippen molar-refractivity contribution in [2.75, 3.05) is 32.6 Å². The van der Waals surface area contributed by atoms with E-state index in [2.05, 4.69) is 0 Å². The summed E-state index contributed by atoms with van der Waals surface area (Å²) in [5.74, 6) is 0.191. The highest BCUT2D eigenvalue weighted by Gasteiger charge is 2.11. The lowest BCUT2D eigenvalue weighted by molar-refractivity contribution is -0.132. The Hall–Kier alpha value is -2.69. The van der Waals surface area contributed by atoms with E-state index in [4.69, 9.17) is 4.74 Å². The first-order chi connectivity index (χ1) is 11.0. The molecule has 0 unspecified atom stereocenters. The molecule has 1 N–H and O–H groups in total. The number of aromatic hydroxyl groups is 1. The number of anilines is 1. The molecule has 0 atom stereocenters. The Bertz CT molecular complexity index is 654. The van der Waals surface area contributed by atoms with Crippen LogP contribution in [0.25, 0.3) is 0 Å². The van der Waals surface area contributed by atoms with Crippen LogP contribution in [-0.4, -0.2) is 43.7 Å². The molecule has 5 nitrogen and oxygen atoms in total. The van der Waals surface area contributed by atoms with E-state index < -0.39 is 0 Å². The average molecular weight is 314 g/mol. The zero-order valence-corrected chi connectivity index (χ0v) is 13.7. The average Bonchev–Trinajstić information content (AvgIpc) is 2.54. The summed E-state index contributed by atoms with van der Waals surface area (Å²) in [6.07, 6.45) is 0. The number of para-hydroxylation sites is 2. The quantitative estimate of drug-likeness (QED) is 0.890. The van der Waals surface area contributed by atoms with E-state index in [0.29, 0.717) is 12.3 Å². The van der Waals surface area contributed by atoms with Crippen molar-refractivity contribution < 1.29 is 14.6 Å². The standard InChI is InChI=1S/C18H22N2O3/c1-19(2)15-10-8-14(9-11-15)12-20(3)18(22)13-23-17-7-5-4-6-16(17)21/h4-11,21H,12-13H2,1-3H3. The number of ether oxygens (including phenoxy) is 1. The number of rotatable bonds is 6. The van der Waals surface area contributed by atoms with Gasteiger partial charge in [-0.15, -0.1) is 0 Å². The molecule has 5 heteroatoms. The van der Waals surface area contributed by atoms with Gasteiger partial charge in [-0.1, -0.05) is 24.3 Å². The second-order valence-corrected chi connectivity index (χ2v) is 5.57. The number of benzene rings is 2. The van der Waals surface area contributed by atoms with Gasteiger partial charge in [-0.3, -0.25) is 4.79 Å². The van der Waals surface area contributed by atoms with Crippen molar-refractivity contribution in [2.45, 2.75) is 6.54 Å². The van der Waals surface area contributed by atoms with E-state index in [9.17, 15) is 9.90 Å². The lowest BCUT2D eigenvalue weighted by atomic mass is 10.2. The molecule has 2 aromatic carbocycles. The number of likely N-dealkylation sites (N-methyl/N-ethyl adjacent to an activating group) is 1. The van der Waals surface area contributed by atoms with Crippen molar-refractivity contribution in [1.29, 1.82) is 0 Å². The Balaban J connectivity index is 1.88. The molecule has 0 fully saturated rings. The Morgan fingerprint density at radius 1 is 1.04 bits per heavy atom. The summed E-state index contributed by atoms with van der Waals surface area (Å²) in [7, 11) is 5.71. The van der Waals surface area contributed by atoms with Crippen molar-refractivity contribution in [3.8, 4) is 11.5 Å². The van der Waals surface area contributed by atoms with Crippen LogP contribution in [0.15, 0.2) is 48.5 Å². The second kappa shape index (κ2) is 7.54. The third kappa shape index (κ3) is 4.64. The molecule has 0 aliphatic rings. The van der Waals surface area contributed by atoms with Gasteiger partial charge in [0.2, 0.25) is 0 Å². The molecule has 0 bridgehead atoms. The van der Waals surface area contributed by atoms with E-state index >= 15 is 0 Å². The first-order valence-electron chi connectivity index (χ1n) is 7.38. The SMILES string of the molecule is CN(Cc1ccc(N(C)C)cc1)C(=O)COc1ccccc1O. The van der Waals surface area contributed by atoms with Crippen molar-refractivity contribution in [3.63, 3.8) is 0 Å². The number of hydrogen-bond acceptors (Lipinski definition) is 4. The lowest BCUT2D eigenvalue weighted by Gasteiger charge is -2.19. The number of phenols is 1. The number of hydrogen-bond donors (Lipinski definition) is 1. The Kier molecular flexibility index (Phi) is 5.46. The summed E-state index contributed by atoms with van der Waals surface area (Å²) >= 11 is 0. The Morgan fingerprint density at radius 3 is 2.30 bits per heavy atom. The number of phenolic OH excluding ortho intramolecular Hbond substituents is 1. The summed E-state index contributed by atoms with van der Waals surface area (Å²) in [5.41, 5.74) is 2.17. The molecule has 2 aromatic rings. The molecule has 23 heavy (non-hydrogen) atoms. The van der Waals surface area contributed by atoms with Gasteiger partial charge < -0.3 is 19.6 Å². The topological polar surface area (TPSA) is 53.0 Å². The fraction of sp³-hybridized carbons (Fsp3) is 0.278. The van der Waals surface area contributed by atoms with Crippen molar-refractivity contribution in [3.05, 3.63) is 54.1 Å². The predicted molar refractivity (Wildman–Crippen MR) is 90.8 cm³/mol. The van der Waals surface area contributed by atoms with Crippen molar-refractivity contribution in [1.82, 2.24) is 4.90 Å². The maximum atomic E-state index is 12.1. The van der Waals surface area contributed by atoms with Crippen LogP contribution in [0.4, 0.5) is 5.69 Å². The summed E-state index contributed by atoms with van der Waals surface area (Å²) in [6, 6.07) is 14.6. The summed E-state index contributed by atoms with van der Waals surface area (Å²) < 4.78 is 5.36. The van der Waals surface area contributed by atoms with Crippen LogP contribution in [0.3, 0.4) is 0 Å². The van der Waals surface area contributed by atoms with Gasteiger partial charge >= 0.3 is 0 Å². The first kappa shape index (κ1) is 16.7. The third-order valence-electron chi connectivity index (χ3n) is 3.51. The molecule has 0 aliphatic carbocycles. The van der Waals surface area contributed by atoms with Crippen LogP contribution in [0.2, 0.25) is 0 Å². The Morgan fingerprint density at radius 2 is 1.70 bits per heavy atom. The first-order valence-corrected chi connectivity index (χ1v) is 7.38.